The zero-order valence-corrected chi connectivity index (χ0v) is 12.4. The van der Waals surface area contributed by atoms with Crippen molar-refractivity contribution in [3.8, 4) is 0 Å². The Morgan fingerprint density at radius 3 is 3.04 bits per heavy atom. The van der Waals surface area contributed by atoms with E-state index in [1.165, 1.54) is 6.20 Å². The molecule has 0 spiro atoms. The Labute approximate surface area is 131 Å². The maximum Gasteiger partial charge on any atom is 0.292 e. The summed E-state index contributed by atoms with van der Waals surface area (Å²) in [5, 5.41) is 16.2. The van der Waals surface area contributed by atoms with Gasteiger partial charge in [-0.25, -0.2) is 4.68 Å². The largest absolute Gasteiger partial charge is 0.351 e. The third kappa shape index (κ3) is 2.60. The lowest BCUT2D eigenvalue weighted by molar-refractivity contribution is 0.0703. The van der Waals surface area contributed by atoms with E-state index in [-0.39, 0.29) is 11.7 Å². The van der Waals surface area contributed by atoms with Crippen LogP contribution in [0, 0.1) is 0 Å². The van der Waals surface area contributed by atoms with E-state index >= 15 is 0 Å². The molecule has 9 heteroatoms. The lowest BCUT2D eigenvalue weighted by Crippen LogP contribution is -2.30. The minimum absolute atomic E-state index is 0.165. The van der Waals surface area contributed by atoms with Gasteiger partial charge in [-0.3, -0.25) is 9.48 Å². The minimum Gasteiger partial charge on any atom is -0.351 e. The Morgan fingerprint density at radius 2 is 2.26 bits per heavy atom. The molecule has 0 fully saturated rings. The van der Waals surface area contributed by atoms with Crippen molar-refractivity contribution in [2.45, 2.75) is 26.1 Å². The molecule has 0 radical (unpaired) electrons. The number of aromatic nitrogens is 6. The van der Waals surface area contributed by atoms with Crippen LogP contribution >= 0.6 is 0 Å². The molecule has 3 aromatic rings. The van der Waals surface area contributed by atoms with E-state index in [9.17, 15) is 4.79 Å². The Hall–Kier alpha value is -2.97. The van der Waals surface area contributed by atoms with Crippen molar-refractivity contribution in [1.82, 2.24) is 34.8 Å². The van der Waals surface area contributed by atoms with Crippen LogP contribution in [-0.2, 0) is 19.6 Å². The number of aryl methyl sites for hydroxylation is 1. The molecule has 9 nitrogen and oxygen atoms in total. The molecular weight excluding hydrogens is 298 g/mol. The number of rotatable bonds is 3. The maximum absolute atomic E-state index is 12.5. The first-order valence-electron chi connectivity index (χ1n) is 7.40. The first-order valence-corrected chi connectivity index (χ1v) is 7.40. The summed E-state index contributed by atoms with van der Waals surface area (Å²) >= 11 is 0. The number of amides is 1. The molecule has 4 rings (SSSR count). The van der Waals surface area contributed by atoms with Crippen molar-refractivity contribution in [2.75, 3.05) is 6.54 Å². The highest BCUT2D eigenvalue weighted by molar-refractivity contribution is 5.91. The molecule has 23 heavy (non-hydrogen) atoms. The lowest BCUT2D eigenvalue weighted by atomic mass is 10.2. The molecule has 0 saturated carbocycles. The first-order chi connectivity index (χ1) is 11.3. The van der Waals surface area contributed by atoms with Crippen molar-refractivity contribution in [3.05, 3.63) is 47.9 Å². The van der Waals surface area contributed by atoms with Crippen LogP contribution in [0.5, 0.6) is 0 Å². The third-order valence-electron chi connectivity index (χ3n) is 3.86. The van der Waals surface area contributed by atoms with Gasteiger partial charge in [0.15, 0.2) is 0 Å². The molecule has 0 aromatic carbocycles. The molecule has 0 bridgehead atoms. The number of carbonyl (C=O) groups is 1. The van der Waals surface area contributed by atoms with Gasteiger partial charge in [-0.05, 0) is 12.5 Å². The van der Waals surface area contributed by atoms with Crippen LogP contribution in [0.25, 0.3) is 0 Å². The summed E-state index contributed by atoms with van der Waals surface area (Å²) in [5.41, 5.74) is 1.76. The van der Waals surface area contributed by atoms with Gasteiger partial charge in [0.25, 0.3) is 5.91 Å². The van der Waals surface area contributed by atoms with E-state index in [0.717, 1.165) is 24.4 Å². The molecule has 1 aliphatic rings. The number of nitrogens with zero attached hydrogens (tertiary/aromatic N) is 7. The number of hydrogen-bond acceptors (Lipinski definition) is 6. The SMILES string of the molecule is O=C(c1ccno1)N1CCCn2nnc(Cn3cccn3)c2C1. The number of fused-ring (bicyclic) bond motifs is 1. The van der Waals surface area contributed by atoms with Crippen molar-refractivity contribution in [3.63, 3.8) is 0 Å². The van der Waals surface area contributed by atoms with Gasteiger partial charge in [-0.2, -0.15) is 5.10 Å². The van der Waals surface area contributed by atoms with Gasteiger partial charge in [0.2, 0.25) is 5.76 Å². The van der Waals surface area contributed by atoms with Gasteiger partial charge in [-0.1, -0.05) is 10.4 Å². The Bertz CT molecular complexity index is 791. The van der Waals surface area contributed by atoms with Crippen LogP contribution in [0.2, 0.25) is 0 Å². The molecule has 1 aliphatic heterocycles. The Balaban J connectivity index is 1.60. The zero-order chi connectivity index (χ0) is 15.6. The van der Waals surface area contributed by atoms with Crippen LogP contribution < -0.4 is 0 Å². The normalized spacial score (nSPS) is 14.5. The second kappa shape index (κ2) is 5.67. The van der Waals surface area contributed by atoms with E-state index < -0.39 is 0 Å². The molecule has 1 amide bonds. The Morgan fingerprint density at radius 1 is 1.30 bits per heavy atom. The molecule has 0 atom stereocenters. The van der Waals surface area contributed by atoms with E-state index in [4.69, 9.17) is 4.52 Å². The quantitative estimate of drug-likeness (QED) is 0.701. The minimum atomic E-state index is -0.165. The van der Waals surface area contributed by atoms with Crippen molar-refractivity contribution in [2.24, 2.45) is 0 Å². The van der Waals surface area contributed by atoms with Gasteiger partial charge in [0.05, 0.1) is 25.0 Å². The maximum atomic E-state index is 12.5. The summed E-state index contributed by atoms with van der Waals surface area (Å²) in [6.45, 7) is 2.36. The van der Waals surface area contributed by atoms with Crippen LogP contribution in [-0.4, -0.2) is 47.3 Å². The smallest absolute Gasteiger partial charge is 0.292 e. The summed E-state index contributed by atoms with van der Waals surface area (Å²) in [6, 6.07) is 3.44. The van der Waals surface area contributed by atoms with Gasteiger partial charge in [-0.15, -0.1) is 5.10 Å². The zero-order valence-electron chi connectivity index (χ0n) is 12.4. The van der Waals surface area contributed by atoms with Crippen molar-refractivity contribution in [1.29, 1.82) is 0 Å². The molecule has 118 valence electrons. The molecule has 0 N–H and O–H groups in total. The summed E-state index contributed by atoms with van der Waals surface area (Å²) in [4.78, 5) is 14.2. The highest BCUT2D eigenvalue weighted by Crippen LogP contribution is 2.17. The van der Waals surface area contributed by atoms with E-state index in [1.54, 1.807) is 21.8 Å². The third-order valence-corrected chi connectivity index (χ3v) is 3.86. The average Bonchev–Trinajstić information content (AvgIpc) is 3.29. The summed E-state index contributed by atoms with van der Waals surface area (Å²) < 4.78 is 8.64. The average molecular weight is 313 g/mol. The molecule has 4 heterocycles. The standard InChI is InChI=1S/C14H15N7O2/c22-14(13-3-5-16-23-13)19-6-2-8-21-12(10-19)11(17-18-21)9-20-7-1-4-15-20/h1,3-5,7H,2,6,8-10H2. The predicted molar refractivity (Wildman–Crippen MR) is 77.2 cm³/mol. The summed E-state index contributed by atoms with van der Waals surface area (Å²) in [5.74, 6) is 0.0849. The van der Waals surface area contributed by atoms with E-state index in [0.29, 0.717) is 19.6 Å². The fraction of sp³-hybridized carbons (Fsp3) is 0.357. The van der Waals surface area contributed by atoms with Gasteiger partial charge in [0, 0.05) is 31.5 Å². The second-order valence-electron chi connectivity index (χ2n) is 5.37. The Kier molecular flexibility index (Phi) is 3.37. The highest BCUT2D eigenvalue weighted by atomic mass is 16.5. The molecule has 0 unspecified atom stereocenters. The molecule has 0 saturated heterocycles. The number of carbonyl (C=O) groups excluding carboxylic acids is 1. The van der Waals surface area contributed by atoms with E-state index in [2.05, 4.69) is 20.6 Å². The predicted octanol–water partition coefficient (Wildman–Crippen LogP) is 0.557. The van der Waals surface area contributed by atoms with Gasteiger partial charge >= 0.3 is 0 Å². The summed E-state index contributed by atoms with van der Waals surface area (Å²) in [7, 11) is 0. The first kappa shape index (κ1) is 13.7. The van der Waals surface area contributed by atoms with Crippen molar-refractivity contribution < 1.29 is 9.32 Å². The number of hydrogen-bond donors (Lipinski definition) is 0. The van der Waals surface area contributed by atoms with Crippen LogP contribution in [0.1, 0.15) is 28.4 Å². The highest BCUT2D eigenvalue weighted by Gasteiger charge is 2.25. The monoisotopic (exact) mass is 313 g/mol. The van der Waals surface area contributed by atoms with Crippen LogP contribution in [0.3, 0.4) is 0 Å². The molecule has 3 aromatic heterocycles. The molecular formula is C14H15N7O2. The summed E-state index contributed by atoms with van der Waals surface area (Å²) in [6.07, 6.45) is 5.89. The topological polar surface area (TPSA) is 94.9 Å². The van der Waals surface area contributed by atoms with Crippen LogP contribution in [0.15, 0.2) is 35.2 Å². The second-order valence-corrected chi connectivity index (χ2v) is 5.37. The molecule has 0 aliphatic carbocycles. The lowest BCUT2D eigenvalue weighted by Gasteiger charge is -2.18. The van der Waals surface area contributed by atoms with Crippen molar-refractivity contribution >= 4 is 5.91 Å². The van der Waals surface area contributed by atoms with Gasteiger partial charge < -0.3 is 9.42 Å². The fourth-order valence-corrected chi connectivity index (χ4v) is 2.72. The van der Waals surface area contributed by atoms with E-state index in [1.807, 2.05) is 16.9 Å². The van der Waals surface area contributed by atoms with Crippen LogP contribution in [0.4, 0.5) is 0 Å². The van der Waals surface area contributed by atoms with Gasteiger partial charge in [0.1, 0.15) is 5.69 Å². The fourth-order valence-electron chi connectivity index (χ4n) is 2.72.